The summed E-state index contributed by atoms with van der Waals surface area (Å²) >= 11 is 0. The Morgan fingerprint density at radius 2 is 1.85 bits per heavy atom. The minimum Gasteiger partial charge on any atom is -0.352 e. The van der Waals surface area contributed by atoms with Gasteiger partial charge in [-0.3, -0.25) is 14.6 Å². The molecule has 0 spiro atoms. The highest BCUT2D eigenvalue weighted by Gasteiger charge is 2.08. The van der Waals surface area contributed by atoms with Crippen molar-refractivity contribution in [3.8, 4) is 0 Å². The molecule has 26 heavy (non-hydrogen) atoms. The summed E-state index contributed by atoms with van der Waals surface area (Å²) in [5.74, 6) is -0.836. The summed E-state index contributed by atoms with van der Waals surface area (Å²) < 4.78 is 0. The third kappa shape index (κ3) is 4.73. The van der Waals surface area contributed by atoms with Crippen LogP contribution in [0, 0.1) is 0 Å². The topological polar surface area (TPSA) is 83.5 Å². The fraction of sp³-hybridized carbons (Fsp3) is 0.100. The minimum atomic E-state index is -0.467. The van der Waals surface area contributed by atoms with Crippen LogP contribution in [0.2, 0.25) is 0 Å². The fourth-order valence-corrected chi connectivity index (χ4v) is 2.49. The molecule has 0 unspecified atom stereocenters. The van der Waals surface area contributed by atoms with Gasteiger partial charge in [0.05, 0.1) is 6.21 Å². The molecule has 0 fully saturated rings. The Bertz CT molecular complexity index is 933. The number of carbonyl (C=O) groups excluding carboxylic acids is 2. The molecule has 130 valence electrons. The zero-order chi connectivity index (χ0) is 18.2. The number of hydrogen-bond donors (Lipinski definition) is 2. The molecule has 6 nitrogen and oxygen atoms in total. The van der Waals surface area contributed by atoms with Crippen molar-refractivity contribution in [2.24, 2.45) is 5.10 Å². The van der Waals surface area contributed by atoms with Crippen molar-refractivity contribution in [2.75, 3.05) is 0 Å². The molecule has 0 radical (unpaired) electrons. The molecule has 0 saturated carbocycles. The summed E-state index contributed by atoms with van der Waals surface area (Å²) in [4.78, 5) is 27.6. The van der Waals surface area contributed by atoms with Gasteiger partial charge in [-0.1, -0.05) is 48.5 Å². The fourth-order valence-electron chi connectivity index (χ4n) is 2.49. The maximum absolute atomic E-state index is 11.8. The van der Waals surface area contributed by atoms with E-state index in [1.807, 2.05) is 48.5 Å². The Morgan fingerprint density at radius 3 is 2.69 bits per heavy atom. The lowest BCUT2D eigenvalue weighted by Gasteiger charge is -2.04. The number of hydrazone groups is 1. The Balaban J connectivity index is 1.50. The average molecular weight is 346 g/mol. The molecule has 0 aliphatic carbocycles. The molecule has 2 N–H and O–H groups in total. The first-order valence-electron chi connectivity index (χ1n) is 8.17. The molecule has 6 heteroatoms. The second kappa shape index (κ2) is 8.53. The standard InChI is InChI=1S/C20H18N4O2/c25-19(22-13-15-5-4-10-21-12-15)11-20(26)24-23-14-17-8-3-7-16-6-1-2-9-18(16)17/h1-10,12,14H,11,13H2,(H,22,25)(H,24,26)/b23-14-. The van der Waals surface area contributed by atoms with Gasteiger partial charge in [0.25, 0.3) is 0 Å². The molecule has 0 atom stereocenters. The summed E-state index contributed by atoms with van der Waals surface area (Å²) in [5, 5.41) is 8.76. The van der Waals surface area contributed by atoms with Gasteiger partial charge in [-0.15, -0.1) is 0 Å². The second-order valence-corrected chi connectivity index (χ2v) is 5.68. The molecular weight excluding hydrogens is 328 g/mol. The lowest BCUT2D eigenvalue weighted by molar-refractivity contribution is -0.129. The summed E-state index contributed by atoms with van der Waals surface area (Å²) in [7, 11) is 0. The Labute approximate surface area is 151 Å². The van der Waals surface area contributed by atoms with Crippen molar-refractivity contribution in [3.05, 3.63) is 78.1 Å². The first-order chi connectivity index (χ1) is 12.7. The molecule has 2 amide bonds. The van der Waals surface area contributed by atoms with E-state index in [1.54, 1.807) is 24.7 Å². The molecule has 0 bridgehead atoms. The van der Waals surface area contributed by atoms with Crippen LogP contribution in [0.1, 0.15) is 17.5 Å². The maximum Gasteiger partial charge on any atom is 0.249 e. The largest absolute Gasteiger partial charge is 0.352 e. The van der Waals surface area contributed by atoms with Crippen molar-refractivity contribution < 1.29 is 9.59 Å². The molecule has 0 aliphatic rings. The highest BCUT2D eigenvalue weighted by Crippen LogP contribution is 2.16. The van der Waals surface area contributed by atoms with Crippen LogP contribution >= 0.6 is 0 Å². The number of aromatic nitrogens is 1. The predicted octanol–water partition coefficient (Wildman–Crippen LogP) is 2.39. The SMILES string of the molecule is O=C(CC(=O)N/N=C\c1cccc2ccccc12)NCc1cccnc1. The van der Waals surface area contributed by atoms with Gasteiger partial charge >= 0.3 is 0 Å². The molecule has 0 aliphatic heterocycles. The highest BCUT2D eigenvalue weighted by atomic mass is 16.2. The zero-order valence-corrected chi connectivity index (χ0v) is 14.1. The Morgan fingerprint density at radius 1 is 1.00 bits per heavy atom. The van der Waals surface area contributed by atoms with Crippen molar-refractivity contribution in [1.29, 1.82) is 0 Å². The smallest absolute Gasteiger partial charge is 0.249 e. The van der Waals surface area contributed by atoms with Crippen molar-refractivity contribution in [2.45, 2.75) is 13.0 Å². The van der Waals surface area contributed by atoms with Crippen molar-refractivity contribution in [1.82, 2.24) is 15.7 Å². The molecule has 3 aromatic rings. The zero-order valence-electron chi connectivity index (χ0n) is 14.1. The van der Waals surface area contributed by atoms with Crippen LogP contribution < -0.4 is 10.7 Å². The monoisotopic (exact) mass is 346 g/mol. The van der Waals surface area contributed by atoms with E-state index in [0.29, 0.717) is 6.54 Å². The van der Waals surface area contributed by atoms with E-state index in [2.05, 4.69) is 20.8 Å². The van der Waals surface area contributed by atoms with Crippen molar-refractivity contribution in [3.63, 3.8) is 0 Å². The van der Waals surface area contributed by atoms with Gasteiger partial charge in [-0.05, 0) is 22.4 Å². The minimum absolute atomic E-state index is 0.285. The maximum atomic E-state index is 11.8. The van der Waals surface area contributed by atoms with Crippen LogP contribution in [0.5, 0.6) is 0 Å². The number of fused-ring (bicyclic) bond motifs is 1. The molecule has 2 aromatic carbocycles. The van der Waals surface area contributed by atoms with Crippen LogP contribution in [-0.2, 0) is 16.1 Å². The van der Waals surface area contributed by atoms with E-state index < -0.39 is 5.91 Å². The summed E-state index contributed by atoms with van der Waals surface area (Å²) in [5.41, 5.74) is 4.15. The van der Waals surface area contributed by atoms with Gasteiger partial charge < -0.3 is 5.32 Å². The number of nitrogens with one attached hydrogen (secondary N) is 2. The normalized spacial score (nSPS) is 10.8. The van der Waals surface area contributed by atoms with Crippen LogP contribution in [0.15, 0.2) is 72.1 Å². The summed E-state index contributed by atoms with van der Waals surface area (Å²) in [6, 6.07) is 17.4. The van der Waals surface area contributed by atoms with Gasteiger partial charge in [0.15, 0.2) is 0 Å². The third-order valence-electron chi connectivity index (χ3n) is 3.75. The number of rotatable bonds is 6. The summed E-state index contributed by atoms with van der Waals surface area (Å²) in [6.07, 6.45) is 4.61. The second-order valence-electron chi connectivity index (χ2n) is 5.68. The molecule has 1 heterocycles. The molecule has 0 saturated heterocycles. The van der Waals surface area contributed by atoms with Crippen LogP contribution in [0.4, 0.5) is 0 Å². The van der Waals surface area contributed by atoms with Gasteiger partial charge in [-0.25, -0.2) is 5.43 Å². The average Bonchev–Trinajstić information content (AvgIpc) is 2.67. The molecule has 1 aromatic heterocycles. The van der Waals surface area contributed by atoms with Crippen LogP contribution in [0.3, 0.4) is 0 Å². The van der Waals surface area contributed by atoms with E-state index >= 15 is 0 Å². The van der Waals surface area contributed by atoms with Gasteiger partial charge in [0.1, 0.15) is 6.42 Å². The van der Waals surface area contributed by atoms with E-state index in [4.69, 9.17) is 0 Å². The quantitative estimate of drug-likeness (QED) is 0.408. The lowest BCUT2D eigenvalue weighted by Crippen LogP contribution is -2.29. The lowest BCUT2D eigenvalue weighted by atomic mass is 10.1. The molecule has 3 rings (SSSR count). The number of nitrogens with zero attached hydrogens (tertiary/aromatic N) is 2. The van der Waals surface area contributed by atoms with E-state index in [9.17, 15) is 9.59 Å². The Kier molecular flexibility index (Phi) is 5.67. The van der Waals surface area contributed by atoms with Gasteiger partial charge in [-0.2, -0.15) is 5.10 Å². The first-order valence-corrected chi connectivity index (χ1v) is 8.17. The highest BCUT2D eigenvalue weighted by molar-refractivity contribution is 6.00. The number of amides is 2. The van der Waals surface area contributed by atoms with Crippen molar-refractivity contribution >= 4 is 28.8 Å². The number of hydrogen-bond acceptors (Lipinski definition) is 4. The van der Waals surface area contributed by atoms with E-state index in [1.165, 1.54) is 0 Å². The number of benzene rings is 2. The first kappa shape index (κ1) is 17.3. The number of carbonyl (C=O) groups is 2. The van der Waals surface area contributed by atoms with Crippen LogP contribution in [-0.4, -0.2) is 23.0 Å². The van der Waals surface area contributed by atoms with E-state index in [0.717, 1.165) is 21.9 Å². The van der Waals surface area contributed by atoms with Crippen LogP contribution in [0.25, 0.3) is 10.8 Å². The van der Waals surface area contributed by atoms with E-state index in [-0.39, 0.29) is 12.3 Å². The Hall–Kier alpha value is -3.54. The number of pyridine rings is 1. The third-order valence-corrected chi connectivity index (χ3v) is 3.75. The summed E-state index contributed by atoms with van der Waals surface area (Å²) in [6.45, 7) is 0.333. The van der Waals surface area contributed by atoms with Gasteiger partial charge in [0.2, 0.25) is 11.8 Å². The molecular formula is C20H18N4O2. The van der Waals surface area contributed by atoms with Gasteiger partial charge in [0, 0.05) is 24.5 Å². The predicted molar refractivity (Wildman–Crippen MR) is 100 cm³/mol.